The first kappa shape index (κ1) is 11.9. The molecular formula is C12H17BrN2O. The van der Waals surface area contributed by atoms with E-state index in [0.717, 1.165) is 30.9 Å². The molecule has 1 aliphatic rings. The molecule has 1 unspecified atom stereocenters. The molecule has 0 amide bonds. The third kappa shape index (κ3) is 2.38. The highest BCUT2D eigenvalue weighted by molar-refractivity contribution is 9.08. The van der Waals surface area contributed by atoms with Gasteiger partial charge in [0.15, 0.2) is 0 Å². The van der Waals surface area contributed by atoms with Crippen LogP contribution in [0.3, 0.4) is 0 Å². The molecule has 1 aromatic heterocycles. The number of hydrogen-bond donors (Lipinski definition) is 0. The predicted octanol–water partition coefficient (Wildman–Crippen LogP) is 2.51. The van der Waals surface area contributed by atoms with Gasteiger partial charge in [-0.1, -0.05) is 22.0 Å². The molecule has 2 rings (SSSR count). The molecule has 0 bridgehead atoms. The van der Waals surface area contributed by atoms with Crippen LogP contribution in [0.15, 0.2) is 12.3 Å². The van der Waals surface area contributed by atoms with E-state index in [1.165, 1.54) is 11.1 Å². The Morgan fingerprint density at radius 3 is 3.06 bits per heavy atom. The van der Waals surface area contributed by atoms with Gasteiger partial charge in [-0.3, -0.25) is 0 Å². The Hall–Kier alpha value is -0.610. The second-order valence-corrected chi connectivity index (χ2v) is 4.80. The van der Waals surface area contributed by atoms with E-state index in [1.54, 1.807) is 0 Å². The van der Waals surface area contributed by atoms with Crippen LogP contribution in [-0.2, 0) is 10.1 Å². The van der Waals surface area contributed by atoms with Gasteiger partial charge in [0.05, 0.1) is 19.3 Å². The van der Waals surface area contributed by atoms with Crippen molar-refractivity contribution >= 4 is 21.7 Å². The van der Waals surface area contributed by atoms with Gasteiger partial charge in [0, 0.05) is 18.1 Å². The zero-order valence-corrected chi connectivity index (χ0v) is 11.3. The van der Waals surface area contributed by atoms with Gasteiger partial charge in [-0.2, -0.15) is 0 Å². The summed E-state index contributed by atoms with van der Waals surface area (Å²) in [4.78, 5) is 6.89. The SMILES string of the molecule is Cc1cc(CBr)cnc1N1CCOCC1C. The average molecular weight is 285 g/mol. The van der Waals surface area contributed by atoms with Gasteiger partial charge in [0.25, 0.3) is 0 Å². The highest BCUT2D eigenvalue weighted by atomic mass is 79.9. The van der Waals surface area contributed by atoms with Gasteiger partial charge in [-0.15, -0.1) is 0 Å². The van der Waals surface area contributed by atoms with E-state index in [2.05, 4.69) is 45.7 Å². The maximum Gasteiger partial charge on any atom is 0.131 e. The predicted molar refractivity (Wildman–Crippen MR) is 69.2 cm³/mol. The number of aryl methyl sites for hydroxylation is 1. The van der Waals surface area contributed by atoms with E-state index in [4.69, 9.17) is 4.74 Å². The molecule has 0 saturated carbocycles. The molecule has 0 radical (unpaired) electrons. The van der Waals surface area contributed by atoms with Gasteiger partial charge in [0.1, 0.15) is 5.82 Å². The molecule has 2 heterocycles. The van der Waals surface area contributed by atoms with Crippen LogP contribution in [0.25, 0.3) is 0 Å². The Balaban J connectivity index is 2.25. The van der Waals surface area contributed by atoms with Crippen molar-refractivity contribution in [3.05, 3.63) is 23.4 Å². The van der Waals surface area contributed by atoms with Crippen LogP contribution < -0.4 is 4.90 Å². The Morgan fingerprint density at radius 1 is 1.62 bits per heavy atom. The average Bonchev–Trinajstić information content (AvgIpc) is 2.30. The third-order valence-corrected chi connectivity index (χ3v) is 3.55. The van der Waals surface area contributed by atoms with Gasteiger partial charge in [0.2, 0.25) is 0 Å². The molecule has 0 spiro atoms. The number of rotatable bonds is 2. The lowest BCUT2D eigenvalue weighted by Crippen LogP contribution is -2.44. The van der Waals surface area contributed by atoms with Gasteiger partial charge in [-0.05, 0) is 25.0 Å². The van der Waals surface area contributed by atoms with E-state index in [1.807, 2.05) is 6.20 Å². The summed E-state index contributed by atoms with van der Waals surface area (Å²) in [5.74, 6) is 1.10. The van der Waals surface area contributed by atoms with Crippen molar-refractivity contribution in [2.24, 2.45) is 0 Å². The van der Waals surface area contributed by atoms with Crippen LogP contribution in [0.1, 0.15) is 18.1 Å². The van der Waals surface area contributed by atoms with Crippen molar-refractivity contribution in [1.82, 2.24) is 4.98 Å². The zero-order chi connectivity index (χ0) is 11.5. The first-order valence-electron chi connectivity index (χ1n) is 5.58. The van der Waals surface area contributed by atoms with Crippen LogP contribution in [0.2, 0.25) is 0 Å². The van der Waals surface area contributed by atoms with Crippen molar-refractivity contribution in [3.63, 3.8) is 0 Å². The molecular weight excluding hydrogens is 268 g/mol. The lowest BCUT2D eigenvalue weighted by Gasteiger charge is -2.35. The smallest absolute Gasteiger partial charge is 0.131 e. The number of aromatic nitrogens is 1. The highest BCUT2D eigenvalue weighted by Gasteiger charge is 2.21. The molecule has 4 heteroatoms. The van der Waals surface area contributed by atoms with E-state index < -0.39 is 0 Å². The minimum absolute atomic E-state index is 0.412. The number of nitrogens with zero attached hydrogens (tertiary/aromatic N) is 2. The molecule has 1 aromatic rings. The zero-order valence-electron chi connectivity index (χ0n) is 9.74. The molecule has 1 atom stereocenters. The fraction of sp³-hybridized carbons (Fsp3) is 0.583. The third-order valence-electron chi connectivity index (χ3n) is 2.90. The monoisotopic (exact) mass is 284 g/mol. The van der Waals surface area contributed by atoms with E-state index in [9.17, 15) is 0 Å². The first-order valence-corrected chi connectivity index (χ1v) is 6.70. The maximum atomic E-state index is 5.44. The number of alkyl halides is 1. The second kappa shape index (κ2) is 5.15. The van der Waals surface area contributed by atoms with Gasteiger partial charge in [-0.25, -0.2) is 4.98 Å². The van der Waals surface area contributed by atoms with Crippen LogP contribution in [0.5, 0.6) is 0 Å². The summed E-state index contributed by atoms with van der Waals surface area (Å²) in [6.45, 7) is 6.82. The summed E-state index contributed by atoms with van der Waals surface area (Å²) in [5.41, 5.74) is 2.47. The molecule has 0 N–H and O–H groups in total. The molecule has 1 saturated heterocycles. The van der Waals surface area contributed by atoms with Crippen molar-refractivity contribution in [2.75, 3.05) is 24.7 Å². The Kier molecular flexibility index (Phi) is 3.82. The lowest BCUT2D eigenvalue weighted by molar-refractivity contribution is 0.0985. The van der Waals surface area contributed by atoms with Gasteiger partial charge >= 0.3 is 0 Å². The van der Waals surface area contributed by atoms with Crippen LogP contribution in [-0.4, -0.2) is 30.8 Å². The number of ether oxygens (including phenoxy) is 1. The molecule has 88 valence electrons. The minimum atomic E-state index is 0.412. The molecule has 0 aromatic carbocycles. The van der Waals surface area contributed by atoms with Crippen molar-refractivity contribution in [3.8, 4) is 0 Å². The topological polar surface area (TPSA) is 25.4 Å². The maximum absolute atomic E-state index is 5.44. The quantitative estimate of drug-likeness (QED) is 0.781. The molecule has 0 aliphatic carbocycles. The fourth-order valence-electron chi connectivity index (χ4n) is 2.04. The summed E-state index contributed by atoms with van der Waals surface area (Å²) < 4.78 is 5.44. The van der Waals surface area contributed by atoms with Gasteiger partial charge < -0.3 is 9.64 Å². The van der Waals surface area contributed by atoms with E-state index >= 15 is 0 Å². The summed E-state index contributed by atoms with van der Waals surface area (Å²) in [6, 6.07) is 2.61. The summed E-state index contributed by atoms with van der Waals surface area (Å²) >= 11 is 3.45. The molecule has 1 fully saturated rings. The number of halogens is 1. The van der Waals surface area contributed by atoms with Crippen molar-refractivity contribution < 1.29 is 4.74 Å². The normalized spacial score (nSPS) is 21.2. The Morgan fingerprint density at radius 2 is 2.44 bits per heavy atom. The standard InChI is InChI=1S/C12H17BrN2O/c1-9-5-11(6-13)7-14-12(9)15-3-4-16-8-10(15)2/h5,7,10H,3-4,6,8H2,1-2H3. The van der Waals surface area contributed by atoms with Crippen LogP contribution in [0, 0.1) is 6.92 Å². The largest absolute Gasteiger partial charge is 0.377 e. The second-order valence-electron chi connectivity index (χ2n) is 4.24. The first-order chi connectivity index (χ1) is 7.72. The molecule has 16 heavy (non-hydrogen) atoms. The minimum Gasteiger partial charge on any atom is -0.377 e. The summed E-state index contributed by atoms with van der Waals surface area (Å²) in [7, 11) is 0. The van der Waals surface area contributed by atoms with Crippen molar-refractivity contribution in [1.29, 1.82) is 0 Å². The summed E-state index contributed by atoms with van der Waals surface area (Å²) in [5, 5.41) is 0.861. The lowest BCUT2D eigenvalue weighted by atomic mass is 10.1. The van der Waals surface area contributed by atoms with Crippen LogP contribution >= 0.6 is 15.9 Å². The number of hydrogen-bond acceptors (Lipinski definition) is 3. The summed E-state index contributed by atoms with van der Waals surface area (Å²) in [6.07, 6.45) is 1.94. The highest BCUT2D eigenvalue weighted by Crippen LogP contribution is 2.22. The number of pyridine rings is 1. The fourth-order valence-corrected chi connectivity index (χ4v) is 2.35. The van der Waals surface area contributed by atoms with E-state index in [0.29, 0.717) is 6.04 Å². The molecule has 3 nitrogen and oxygen atoms in total. The van der Waals surface area contributed by atoms with Crippen molar-refractivity contribution in [2.45, 2.75) is 25.2 Å². The number of anilines is 1. The molecule has 1 aliphatic heterocycles. The Bertz CT molecular complexity index is 370. The number of morpholine rings is 1. The Labute approximate surface area is 105 Å². The van der Waals surface area contributed by atoms with E-state index in [-0.39, 0.29) is 0 Å². The van der Waals surface area contributed by atoms with Crippen LogP contribution in [0.4, 0.5) is 5.82 Å².